The van der Waals surface area contributed by atoms with Crippen LogP contribution < -0.4 is 5.32 Å². The van der Waals surface area contributed by atoms with E-state index >= 15 is 0 Å². The van der Waals surface area contributed by atoms with Gasteiger partial charge in [-0.1, -0.05) is 24.3 Å². The van der Waals surface area contributed by atoms with Gasteiger partial charge in [-0.05, 0) is 0 Å². The lowest BCUT2D eigenvalue weighted by molar-refractivity contribution is -0.144. The third kappa shape index (κ3) is 2.97. The maximum atomic E-state index is 11.1. The molecule has 0 aromatic heterocycles. The molecule has 0 saturated carbocycles. The number of ether oxygens (including phenoxy) is 1. The van der Waals surface area contributed by atoms with Crippen LogP contribution in [0.4, 0.5) is 0 Å². The highest BCUT2D eigenvalue weighted by molar-refractivity contribution is 5.75. The summed E-state index contributed by atoms with van der Waals surface area (Å²) in [6.45, 7) is 0.389. The van der Waals surface area contributed by atoms with Crippen LogP contribution in [0, 0.1) is 5.92 Å². The average Bonchev–Trinajstić information content (AvgIpc) is 2.71. The van der Waals surface area contributed by atoms with E-state index in [2.05, 4.69) is 10.1 Å². The van der Waals surface area contributed by atoms with Crippen molar-refractivity contribution in [1.29, 1.82) is 0 Å². The summed E-state index contributed by atoms with van der Waals surface area (Å²) in [5, 5.41) is 11.8. The van der Waals surface area contributed by atoms with E-state index in [1.54, 1.807) is 0 Å². The molecule has 1 atom stereocenters. The number of nitrogens with one attached hydrogen (secondary N) is 1. The second-order valence-corrected chi connectivity index (χ2v) is 3.10. The summed E-state index contributed by atoms with van der Waals surface area (Å²) < 4.78 is 4.52. The van der Waals surface area contributed by atoms with Gasteiger partial charge in [0.05, 0.1) is 13.7 Å². The Morgan fingerprint density at radius 1 is 1.57 bits per heavy atom. The summed E-state index contributed by atoms with van der Waals surface area (Å²) in [4.78, 5) is 11.1. The van der Waals surface area contributed by atoms with Crippen LogP contribution in [0.15, 0.2) is 24.3 Å². The molecule has 0 radical (unpaired) electrons. The van der Waals surface area contributed by atoms with Gasteiger partial charge in [-0.25, -0.2) is 0 Å². The molecule has 1 rings (SSSR count). The number of carbonyl (C=O) groups excluding carboxylic acids is 1. The third-order valence-corrected chi connectivity index (χ3v) is 2.10. The number of aliphatic hydroxyl groups excluding tert-OH is 1. The van der Waals surface area contributed by atoms with Gasteiger partial charge in [0.25, 0.3) is 0 Å². The number of allylic oxidation sites excluding steroid dienone is 2. The van der Waals surface area contributed by atoms with E-state index < -0.39 is 12.0 Å². The SMILES string of the molecule is COC(=O)[C@H](CO)NCC1C=CC=C1. The highest BCUT2D eigenvalue weighted by Gasteiger charge is 2.18. The lowest BCUT2D eigenvalue weighted by Crippen LogP contribution is -2.42. The first kappa shape index (κ1) is 10.9. The molecule has 0 unspecified atom stereocenters. The van der Waals surface area contributed by atoms with Gasteiger partial charge in [0, 0.05) is 12.5 Å². The largest absolute Gasteiger partial charge is 0.468 e. The van der Waals surface area contributed by atoms with Gasteiger partial charge < -0.3 is 15.2 Å². The van der Waals surface area contributed by atoms with Crippen LogP contribution in [-0.2, 0) is 9.53 Å². The summed E-state index contributed by atoms with van der Waals surface area (Å²) in [5.41, 5.74) is 0. The van der Waals surface area contributed by atoms with Gasteiger partial charge in [0.15, 0.2) is 0 Å². The van der Waals surface area contributed by atoms with E-state index in [0.717, 1.165) is 0 Å². The highest BCUT2D eigenvalue weighted by atomic mass is 16.5. The molecule has 0 saturated heterocycles. The third-order valence-electron chi connectivity index (χ3n) is 2.10. The van der Waals surface area contributed by atoms with Crippen molar-refractivity contribution in [3.05, 3.63) is 24.3 Å². The molecular formula is C10H15NO3. The molecule has 14 heavy (non-hydrogen) atoms. The highest BCUT2D eigenvalue weighted by Crippen LogP contribution is 2.07. The Balaban J connectivity index is 2.30. The number of hydrogen-bond acceptors (Lipinski definition) is 4. The Labute approximate surface area is 83.3 Å². The first-order valence-corrected chi connectivity index (χ1v) is 4.55. The molecule has 4 heteroatoms. The van der Waals surface area contributed by atoms with Crippen molar-refractivity contribution >= 4 is 5.97 Å². The van der Waals surface area contributed by atoms with Crippen molar-refractivity contribution in [2.75, 3.05) is 20.3 Å². The summed E-state index contributed by atoms with van der Waals surface area (Å²) in [5.74, 6) is -0.132. The predicted molar refractivity (Wildman–Crippen MR) is 52.7 cm³/mol. The van der Waals surface area contributed by atoms with Gasteiger partial charge in [0.2, 0.25) is 0 Å². The quantitative estimate of drug-likeness (QED) is 0.602. The van der Waals surface area contributed by atoms with Gasteiger partial charge >= 0.3 is 5.97 Å². The monoisotopic (exact) mass is 197 g/mol. The van der Waals surface area contributed by atoms with Crippen LogP contribution in [-0.4, -0.2) is 37.4 Å². The van der Waals surface area contributed by atoms with Crippen LogP contribution >= 0.6 is 0 Å². The molecule has 1 aliphatic carbocycles. The first-order valence-electron chi connectivity index (χ1n) is 4.55. The number of methoxy groups -OCH3 is 1. The fraction of sp³-hybridized carbons (Fsp3) is 0.500. The van der Waals surface area contributed by atoms with Crippen molar-refractivity contribution in [3.63, 3.8) is 0 Å². The second kappa shape index (κ2) is 5.57. The van der Waals surface area contributed by atoms with E-state index in [1.165, 1.54) is 7.11 Å². The number of aliphatic hydroxyl groups is 1. The van der Waals surface area contributed by atoms with E-state index in [9.17, 15) is 4.79 Å². The number of hydrogen-bond donors (Lipinski definition) is 2. The molecule has 0 aliphatic heterocycles. The molecule has 0 spiro atoms. The number of carbonyl (C=O) groups is 1. The van der Waals surface area contributed by atoms with E-state index in [0.29, 0.717) is 12.5 Å². The van der Waals surface area contributed by atoms with Crippen molar-refractivity contribution < 1.29 is 14.6 Å². The Hall–Kier alpha value is -1.13. The molecule has 0 amide bonds. The fourth-order valence-corrected chi connectivity index (χ4v) is 1.26. The van der Waals surface area contributed by atoms with Crippen molar-refractivity contribution in [2.24, 2.45) is 5.92 Å². The van der Waals surface area contributed by atoms with Crippen LogP contribution in [0.1, 0.15) is 0 Å². The predicted octanol–water partition coefficient (Wildman–Crippen LogP) is -0.148. The smallest absolute Gasteiger partial charge is 0.325 e. The lowest BCUT2D eigenvalue weighted by atomic mass is 10.1. The zero-order chi connectivity index (χ0) is 10.4. The number of rotatable bonds is 5. The van der Waals surface area contributed by atoms with Crippen LogP contribution in [0.5, 0.6) is 0 Å². The summed E-state index contributed by atoms with van der Waals surface area (Å²) in [7, 11) is 1.31. The summed E-state index contributed by atoms with van der Waals surface area (Å²) in [6, 6.07) is -0.623. The molecule has 4 nitrogen and oxygen atoms in total. The molecule has 0 aromatic rings. The first-order chi connectivity index (χ1) is 6.77. The Kier molecular flexibility index (Phi) is 4.35. The van der Waals surface area contributed by atoms with Gasteiger partial charge in [-0.3, -0.25) is 4.79 Å². The molecule has 1 aliphatic rings. The standard InChI is InChI=1S/C10H15NO3/c1-14-10(13)9(7-12)11-6-8-4-2-3-5-8/h2-5,8-9,11-12H,6-7H2,1H3/t9-/m0/s1. The fourth-order valence-electron chi connectivity index (χ4n) is 1.26. The molecule has 0 bridgehead atoms. The molecule has 0 heterocycles. The zero-order valence-corrected chi connectivity index (χ0v) is 8.14. The minimum absolute atomic E-state index is 0.243. The second-order valence-electron chi connectivity index (χ2n) is 3.10. The van der Waals surface area contributed by atoms with Gasteiger partial charge in [0.1, 0.15) is 6.04 Å². The summed E-state index contributed by atoms with van der Waals surface area (Å²) in [6.07, 6.45) is 7.97. The van der Waals surface area contributed by atoms with Gasteiger partial charge in [-0.2, -0.15) is 0 Å². The molecule has 2 N–H and O–H groups in total. The Morgan fingerprint density at radius 2 is 2.21 bits per heavy atom. The zero-order valence-electron chi connectivity index (χ0n) is 8.14. The minimum Gasteiger partial charge on any atom is -0.468 e. The van der Waals surface area contributed by atoms with Crippen molar-refractivity contribution in [3.8, 4) is 0 Å². The van der Waals surface area contributed by atoms with E-state index in [1.807, 2.05) is 24.3 Å². The maximum Gasteiger partial charge on any atom is 0.325 e. The van der Waals surface area contributed by atoms with Crippen LogP contribution in [0.2, 0.25) is 0 Å². The molecule has 0 fully saturated rings. The number of esters is 1. The lowest BCUT2D eigenvalue weighted by Gasteiger charge is -2.15. The minimum atomic E-state index is -0.623. The average molecular weight is 197 g/mol. The summed E-state index contributed by atoms with van der Waals surface area (Å²) >= 11 is 0. The van der Waals surface area contributed by atoms with E-state index in [-0.39, 0.29) is 6.61 Å². The van der Waals surface area contributed by atoms with Crippen LogP contribution in [0.3, 0.4) is 0 Å². The molecule has 0 aromatic carbocycles. The van der Waals surface area contributed by atoms with Crippen LogP contribution in [0.25, 0.3) is 0 Å². The Bertz CT molecular complexity index is 236. The molecule has 78 valence electrons. The molecular weight excluding hydrogens is 182 g/mol. The normalized spacial score (nSPS) is 17.3. The topological polar surface area (TPSA) is 58.6 Å². The van der Waals surface area contributed by atoms with Gasteiger partial charge in [-0.15, -0.1) is 0 Å². The van der Waals surface area contributed by atoms with E-state index in [4.69, 9.17) is 5.11 Å². The van der Waals surface area contributed by atoms with Crippen molar-refractivity contribution in [2.45, 2.75) is 6.04 Å². The Morgan fingerprint density at radius 3 is 2.71 bits per heavy atom. The maximum absolute atomic E-state index is 11.1. The van der Waals surface area contributed by atoms with Crippen molar-refractivity contribution in [1.82, 2.24) is 5.32 Å².